The molecule has 1 saturated carbocycles. The fourth-order valence-corrected chi connectivity index (χ4v) is 5.59. The average molecular weight is 482 g/mol. The van der Waals surface area contributed by atoms with Crippen molar-refractivity contribution in [3.8, 4) is 0 Å². The molecule has 1 aliphatic carbocycles. The SMILES string of the molecule is CN(C)S(=O)(=O)c1ccc(N[C@]2(/C=C\c3ccccc3)CC(=O)N(C3CCCCC3)C2=O)cc1. The van der Waals surface area contributed by atoms with Crippen LogP contribution in [0.25, 0.3) is 6.08 Å². The van der Waals surface area contributed by atoms with Gasteiger partial charge in [-0.3, -0.25) is 14.5 Å². The molecule has 0 spiro atoms. The van der Waals surface area contributed by atoms with Crippen molar-refractivity contribution in [3.05, 3.63) is 66.2 Å². The minimum atomic E-state index is -3.56. The Morgan fingerprint density at radius 1 is 0.971 bits per heavy atom. The maximum Gasteiger partial charge on any atom is 0.259 e. The van der Waals surface area contributed by atoms with E-state index >= 15 is 0 Å². The van der Waals surface area contributed by atoms with E-state index < -0.39 is 15.6 Å². The molecule has 1 aliphatic heterocycles. The van der Waals surface area contributed by atoms with Gasteiger partial charge in [0, 0.05) is 25.8 Å². The second-order valence-electron chi connectivity index (χ2n) is 9.19. The summed E-state index contributed by atoms with van der Waals surface area (Å²) in [6.07, 6.45) is 8.49. The van der Waals surface area contributed by atoms with Crippen LogP contribution < -0.4 is 5.32 Å². The van der Waals surface area contributed by atoms with Gasteiger partial charge in [-0.05, 0) is 48.7 Å². The Bertz CT molecular complexity index is 1170. The topological polar surface area (TPSA) is 86.8 Å². The van der Waals surface area contributed by atoms with Gasteiger partial charge in [0.25, 0.3) is 5.91 Å². The second kappa shape index (κ2) is 9.72. The molecule has 180 valence electrons. The quantitative estimate of drug-likeness (QED) is 0.607. The number of benzene rings is 2. The van der Waals surface area contributed by atoms with Crippen molar-refractivity contribution in [2.45, 2.75) is 55.0 Å². The summed E-state index contributed by atoms with van der Waals surface area (Å²) in [6.45, 7) is 0. The van der Waals surface area contributed by atoms with Crippen LogP contribution in [0.5, 0.6) is 0 Å². The number of anilines is 1. The molecule has 1 atom stereocenters. The molecule has 7 nitrogen and oxygen atoms in total. The molecule has 8 heteroatoms. The lowest BCUT2D eigenvalue weighted by Crippen LogP contribution is -2.48. The molecule has 34 heavy (non-hydrogen) atoms. The Morgan fingerprint density at radius 3 is 2.24 bits per heavy atom. The Kier molecular flexibility index (Phi) is 6.91. The van der Waals surface area contributed by atoms with Crippen molar-refractivity contribution in [1.29, 1.82) is 0 Å². The van der Waals surface area contributed by atoms with E-state index in [9.17, 15) is 18.0 Å². The zero-order chi connectivity index (χ0) is 24.3. The van der Waals surface area contributed by atoms with Crippen molar-refractivity contribution in [2.75, 3.05) is 19.4 Å². The van der Waals surface area contributed by atoms with E-state index in [0.717, 1.165) is 42.0 Å². The largest absolute Gasteiger partial charge is 0.368 e. The molecule has 2 fully saturated rings. The number of carbonyl (C=O) groups is 2. The third-order valence-corrected chi connectivity index (χ3v) is 8.43. The van der Waals surface area contributed by atoms with Gasteiger partial charge in [-0.25, -0.2) is 12.7 Å². The summed E-state index contributed by atoms with van der Waals surface area (Å²) in [4.78, 5) is 28.5. The third-order valence-electron chi connectivity index (χ3n) is 6.60. The van der Waals surface area contributed by atoms with Crippen molar-refractivity contribution >= 4 is 33.6 Å². The van der Waals surface area contributed by atoms with Gasteiger partial charge in [-0.1, -0.05) is 55.7 Å². The Hall–Kier alpha value is -2.97. The minimum Gasteiger partial charge on any atom is -0.368 e. The van der Waals surface area contributed by atoms with Gasteiger partial charge >= 0.3 is 0 Å². The summed E-state index contributed by atoms with van der Waals surface area (Å²) in [6, 6.07) is 15.8. The number of nitrogens with one attached hydrogen (secondary N) is 1. The summed E-state index contributed by atoms with van der Waals surface area (Å²) in [7, 11) is -0.604. The van der Waals surface area contributed by atoms with Crippen LogP contribution in [0.1, 0.15) is 44.1 Å². The number of hydrogen-bond acceptors (Lipinski definition) is 5. The van der Waals surface area contributed by atoms with Crippen LogP contribution in [0.15, 0.2) is 65.6 Å². The highest BCUT2D eigenvalue weighted by molar-refractivity contribution is 7.89. The molecule has 0 unspecified atom stereocenters. The minimum absolute atomic E-state index is 0.0173. The summed E-state index contributed by atoms with van der Waals surface area (Å²) in [5, 5.41) is 3.27. The van der Waals surface area contributed by atoms with Gasteiger partial charge in [0.2, 0.25) is 15.9 Å². The van der Waals surface area contributed by atoms with Crippen LogP contribution in [-0.2, 0) is 19.6 Å². The summed E-state index contributed by atoms with van der Waals surface area (Å²) < 4.78 is 26.0. The molecule has 1 N–H and O–H groups in total. The molecule has 1 heterocycles. The highest BCUT2D eigenvalue weighted by Gasteiger charge is 2.52. The zero-order valence-electron chi connectivity index (χ0n) is 19.6. The smallest absolute Gasteiger partial charge is 0.259 e. The van der Waals surface area contributed by atoms with E-state index in [-0.39, 0.29) is 29.2 Å². The first-order valence-corrected chi connectivity index (χ1v) is 13.1. The number of hydrogen-bond donors (Lipinski definition) is 1. The lowest BCUT2D eigenvalue weighted by Gasteiger charge is -2.32. The van der Waals surface area contributed by atoms with E-state index in [4.69, 9.17) is 0 Å². The lowest BCUT2D eigenvalue weighted by molar-refractivity contribution is -0.142. The van der Waals surface area contributed by atoms with Crippen LogP contribution >= 0.6 is 0 Å². The van der Waals surface area contributed by atoms with E-state index in [1.54, 1.807) is 18.2 Å². The molecular weight excluding hydrogens is 450 g/mol. The standard InChI is InChI=1S/C26H31N3O4S/c1-28(2)34(32,33)23-15-13-21(14-16-23)27-26(18-17-20-9-5-3-6-10-20)19-24(30)29(25(26)31)22-11-7-4-8-12-22/h3,5-6,9-10,13-18,22,27H,4,7-8,11-12,19H2,1-2H3/b18-17-/t26-/m1/s1. The molecule has 4 rings (SSSR count). The highest BCUT2D eigenvalue weighted by atomic mass is 32.2. The Morgan fingerprint density at radius 2 is 1.62 bits per heavy atom. The molecule has 2 aliphatic rings. The molecule has 2 amide bonds. The van der Waals surface area contributed by atoms with Gasteiger partial charge in [-0.15, -0.1) is 0 Å². The van der Waals surface area contributed by atoms with Gasteiger partial charge in [0.05, 0.1) is 11.3 Å². The van der Waals surface area contributed by atoms with Crippen LogP contribution in [0.3, 0.4) is 0 Å². The maximum atomic E-state index is 13.8. The molecule has 0 aromatic heterocycles. The highest BCUT2D eigenvalue weighted by Crippen LogP contribution is 2.35. The Labute approximate surface area is 201 Å². The van der Waals surface area contributed by atoms with Crippen LogP contribution in [0, 0.1) is 0 Å². The number of likely N-dealkylation sites (tertiary alicyclic amines) is 1. The molecule has 0 radical (unpaired) electrons. The lowest BCUT2D eigenvalue weighted by atomic mass is 9.93. The number of amides is 2. The van der Waals surface area contributed by atoms with Gasteiger partial charge in [0.15, 0.2) is 0 Å². The van der Waals surface area contributed by atoms with E-state index in [2.05, 4.69) is 5.32 Å². The first kappa shape index (κ1) is 24.2. The summed E-state index contributed by atoms with van der Waals surface area (Å²) in [5.74, 6) is -0.421. The number of sulfonamides is 1. The number of imide groups is 1. The fourth-order valence-electron chi connectivity index (χ4n) is 4.69. The van der Waals surface area contributed by atoms with Gasteiger partial charge in [0.1, 0.15) is 5.54 Å². The van der Waals surface area contributed by atoms with Gasteiger partial charge in [-0.2, -0.15) is 0 Å². The number of nitrogens with zero attached hydrogens (tertiary/aromatic N) is 2. The maximum absolute atomic E-state index is 13.8. The monoisotopic (exact) mass is 481 g/mol. The predicted octanol–water partition coefficient (Wildman–Crippen LogP) is 3.89. The number of carbonyl (C=O) groups excluding carboxylic acids is 2. The fraction of sp³-hybridized carbons (Fsp3) is 0.385. The molecule has 2 aromatic rings. The Balaban J connectivity index is 1.67. The third kappa shape index (κ3) is 4.79. The molecule has 1 saturated heterocycles. The van der Waals surface area contributed by atoms with Crippen LogP contribution in [-0.4, -0.2) is 55.1 Å². The summed E-state index contributed by atoms with van der Waals surface area (Å²) in [5.41, 5.74) is 0.265. The molecule has 2 aromatic carbocycles. The first-order valence-electron chi connectivity index (χ1n) is 11.6. The molecule has 0 bridgehead atoms. The normalized spacial score (nSPS) is 22.1. The zero-order valence-corrected chi connectivity index (χ0v) is 20.4. The van der Waals surface area contributed by atoms with E-state index in [0.29, 0.717) is 5.69 Å². The summed E-state index contributed by atoms with van der Waals surface area (Å²) >= 11 is 0. The van der Waals surface area contributed by atoms with E-state index in [1.807, 2.05) is 36.4 Å². The first-order chi connectivity index (χ1) is 16.2. The second-order valence-corrected chi connectivity index (χ2v) is 11.3. The van der Waals surface area contributed by atoms with Gasteiger partial charge < -0.3 is 5.32 Å². The van der Waals surface area contributed by atoms with Crippen molar-refractivity contribution in [1.82, 2.24) is 9.21 Å². The average Bonchev–Trinajstić information content (AvgIpc) is 3.08. The van der Waals surface area contributed by atoms with Crippen LogP contribution in [0.2, 0.25) is 0 Å². The van der Waals surface area contributed by atoms with Crippen molar-refractivity contribution in [3.63, 3.8) is 0 Å². The van der Waals surface area contributed by atoms with E-state index in [1.165, 1.54) is 31.1 Å². The molecular formula is C26H31N3O4S. The van der Waals surface area contributed by atoms with Crippen molar-refractivity contribution < 1.29 is 18.0 Å². The number of rotatable bonds is 7. The van der Waals surface area contributed by atoms with Crippen molar-refractivity contribution in [2.24, 2.45) is 0 Å². The predicted molar refractivity (Wildman–Crippen MR) is 132 cm³/mol. The van der Waals surface area contributed by atoms with Crippen LogP contribution in [0.4, 0.5) is 5.69 Å².